The Balaban J connectivity index is 2.15. The first-order chi connectivity index (χ1) is 10.0. The molecule has 0 aliphatic heterocycles. The lowest BCUT2D eigenvalue weighted by Crippen LogP contribution is -2.41. The summed E-state index contributed by atoms with van der Waals surface area (Å²) in [7, 11) is 0. The maximum atomic E-state index is 12.1. The maximum Gasteiger partial charge on any atom is 0.326 e. The fraction of sp³-hybridized carbons (Fsp3) is 0.333. The van der Waals surface area contributed by atoms with Crippen molar-refractivity contribution >= 4 is 34.6 Å². The van der Waals surface area contributed by atoms with Crippen LogP contribution in [-0.2, 0) is 4.79 Å². The minimum atomic E-state index is -1.04. The van der Waals surface area contributed by atoms with E-state index in [2.05, 4.69) is 5.32 Å². The van der Waals surface area contributed by atoms with Gasteiger partial charge in [0.2, 0.25) is 0 Å². The molecule has 1 aromatic heterocycles. The van der Waals surface area contributed by atoms with Crippen LogP contribution in [0.25, 0.3) is 11.0 Å². The Hall–Kier alpha value is -1.95. The molecule has 2 rings (SSSR count). The minimum Gasteiger partial charge on any atom is -0.480 e. The van der Waals surface area contributed by atoms with Gasteiger partial charge in [0, 0.05) is 5.39 Å². The molecule has 1 unspecified atom stereocenters. The lowest BCUT2D eigenvalue weighted by molar-refractivity contribution is -0.139. The van der Waals surface area contributed by atoms with E-state index in [0.717, 1.165) is 10.9 Å². The van der Waals surface area contributed by atoms with E-state index in [1.165, 1.54) is 11.8 Å². The van der Waals surface area contributed by atoms with Gasteiger partial charge < -0.3 is 14.8 Å². The standard InChI is InChI=1S/C15H17NO4S/c1-9-3-4-12-10(7-9)8-13(20-12)14(17)16-11(15(18)19)5-6-21-2/h3-4,7-8,11H,5-6H2,1-2H3,(H,16,17)(H,18,19). The highest BCUT2D eigenvalue weighted by molar-refractivity contribution is 7.98. The quantitative estimate of drug-likeness (QED) is 0.857. The number of benzene rings is 1. The summed E-state index contributed by atoms with van der Waals surface area (Å²) < 4.78 is 5.46. The average Bonchev–Trinajstić information content (AvgIpc) is 2.85. The Morgan fingerprint density at radius 1 is 1.38 bits per heavy atom. The van der Waals surface area contributed by atoms with Gasteiger partial charge in [-0.15, -0.1) is 0 Å². The van der Waals surface area contributed by atoms with Crippen LogP contribution in [0.1, 0.15) is 22.5 Å². The average molecular weight is 307 g/mol. The summed E-state index contributed by atoms with van der Waals surface area (Å²) in [4.78, 5) is 23.2. The SMILES string of the molecule is CSCCC(NC(=O)c1cc2cc(C)ccc2o1)C(=O)O. The number of thioether (sulfide) groups is 1. The minimum absolute atomic E-state index is 0.131. The van der Waals surface area contributed by atoms with Gasteiger partial charge >= 0.3 is 5.97 Å². The molecule has 1 atom stereocenters. The second kappa shape index (κ2) is 6.67. The molecule has 0 radical (unpaired) electrons. The van der Waals surface area contributed by atoms with Crippen molar-refractivity contribution in [1.82, 2.24) is 5.32 Å². The van der Waals surface area contributed by atoms with Crippen molar-refractivity contribution in [1.29, 1.82) is 0 Å². The number of hydrogen-bond acceptors (Lipinski definition) is 4. The normalized spacial score (nSPS) is 12.3. The van der Waals surface area contributed by atoms with E-state index in [0.29, 0.717) is 17.8 Å². The lowest BCUT2D eigenvalue weighted by atomic mass is 10.2. The first kappa shape index (κ1) is 15.4. The van der Waals surface area contributed by atoms with E-state index in [1.807, 2.05) is 25.3 Å². The number of fused-ring (bicyclic) bond motifs is 1. The Labute approximate surface area is 126 Å². The lowest BCUT2D eigenvalue weighted by Gasteiger charge is -2.12. The number of carbonyl (C=O) groups excluding carboxylic acids is 1. The highest BCUT2D eigenvalue weighted by Crippen LogP contribution is 2.20. The van der Waals surface area contributed by atoms with E-state index in [4.69, 9.17) is 9.52 Å². The van der Waals surface area contributed by atoms with Crippen LogP contribution < -0.4 is 5.32 Å². The molecule has 1 amide bonds. The van der Waals surface area contributed by atoms with Crippen LogP contribution in [0.5, 0.6) is 0 Å². The third kappa shape index (κ3) is 3.78. The van der Waals surface area contributed by atoms with Gasteiger partial charge in [0.05, 0.1) is 0 Å². The van der Waals surface area contributed by atoms with Crippen molar-refractivity contribution in [2.24, 2.45) is 0 Å². The van der Waals surface area contributed by atoms with Crippen LogP contribution in [0.15, 0.2) is 28.7 Å². The van der Waals surface area contributed by atoms with Crippen LogP contribution in [0.4, 0.5) is 0 Å². The number of rotatable bonds is 6. The molecule has 0 aliphatic rings. The van der Waals surface area contributed by atoms with Crippen molar-refractivity contribution in [3.05, 3.63) is 35.6 Å². The summed E-state index contributed by atoms with van der Waals surface area (Å²) in [6.45, 7) is 1.95. The van der Waals surface area contributed by atoms with Gasteiger partial charge in [-0.1, -0.05) is 11.6 Å². The number of carboxylic acid groups (broad SMARTS) is 1. The number of hydrogen-bond donors (Lipinski definition) is 2. The van der Waals surface area contributed by atoms with Crippen LogP contribution in [-0.4, -0.2) is 35.0 Å². The van der Waals surface area contributed by atoms with E-state index in [1.54, 1.807) is 12.1 Å². The maximum absolute atomic E-state index is 12.1. The molecule has 0 fully saturated rings. The number of aryl methyl sites for hydroxylation is 1. The zero-order valence-corrected chi connectivity index (χ0v) is 12.7. The zero-order valence-electron chi connectivity index (χ0n) is 11.9. The summed E-state index contributed by atoms with van der Waals surface area (Å²) in [6, 6.07) is 6.33. The van der Waals surface area contributed by atoms with E-state index < -0.39 is 17.9 Å². The number of carboxylic acids is 1. The topological polar surface area (TPSA) is 79.5 Å². The van der Waals surface area contributed by atoms with Crippen LogP contribution >= 0.6 is 11.8 Å². The van der Waals surface area contributed by atoms with Gasteiger partial charge in [0.15, 0.2) is 5.76 Å². The number of carbonyl (C=O) groups is 2. The molecule has 0 saturated heterocycles. The van der Waals surface area contributed by atoms with Gasteiger partial charge in [0.25, 0.3) is 5.91 Å². The number of furan rings is 1. The molecule has 0 spiro atoms. The predicted molar refractivity (Wildman–Crippen MR) is 82.8 cm³/mol. The first-order valence-electron chi connectivity index (χ1n) is 6.54. The smallest absolute Gasteiger partial charge is 0.326 e. The largest absolute Gasteiger partial charge is 0.480 e. The van der Waals surface area contributed by atoms with Crippen LogP contribution in [0.3, 0.4) is 0 Å². The summed E-state index contributed by atoms with van der Waals surface area (Å²) in [5, 5.41) is 12.4. The second-order valence-electron chi connectivity index (χ2n) is 4.80. The molecule has 2 N–H and O–H groups in total. The van der Waals surface area contributed by atoms with Crippen molar-refractivity contribution < 1.29 is 19.1 Å². The summed E-state index contributed by atoms with van der Waals surface area (Å²) >= 11 is 1.54. The monoisotopic (exact) mass is 307 g/mol. The molecule has 0 aliphatic carbocycles. The third-order valence-corrected chi connectivity index (χ3v) is 3.75. The van der Waals surface area contributed by atoms with Gasteiger partial charge in [-0.3, -0.25) is 4.79 Å². The molecule has 6 heteroatoms. The Morgan fingerprint density at radius 3 is 2.81 bits per heavy atom. The predicted octanol–water partition coefficient (Wildman–Crippen LogP) is 2.68. The van der Waals surface area contributed by atoms with Gasteiger partial charge in [0.1, 0.15) is 11.6 Å². The molecule has 2 aromatic rings. The zero-order chi connectivity index (χ0) is 15.4. The Kier molecular flexibility index (Phi) is 4.90. The van der Waals surface area contributed by atoms with Crippen LogP contribution in [0.2, 0.25) is 0 Å². The summed E-state index contributed by atoms with van der Waals surface area (Å²) in [6.07, 6.45) is 2.27. The fourth-order valence-corrected chi connectivity index (χ4v) is 2.47. The van der Waals surface area contributed by atoms with Gasteiger partial charge in [-0.2, -0.15) is 11.8 Å². The number of nitrogens with one attached hydrogen (secondary N) is 1. The molecular weight excluding hydrogens is 290 g/mol. The molecule has 0 bridgehead atoms. The highest BCUT2D eigenvalue weighted by Gasteiger charge is 2.22. The number of amides is 1. The Morgan fingerprint density at radius 2 is 2.14 bits per heavy atom. The molecule has 112 valence electrons. The van der Waals surface area contributed by atoms with Gasteiger partial charge in [-0.05, 0) is 43.6 Å². The first-order valence-corrected chi connectivity index (χ1v) is 7.93. The number of aliphatic carboxylic acids is 1. The van der Waals surface area contributed by atoms with E-state index >= 15 is 0 Å². The van der Waals surface area contributed by atoms with E-state index in [-0.39, 0.29) is 5.76 Å². The van der Waals surface area contributed by atoms with Gasteiger partial charge in [-0.25, -0.2) is 4.79 Å². The Bertz CT molecular complexity index is 665. The van der Waals surface area contributed by atoms with Crippen molar-refractivity contribution in [2.75, 3.05) is 12.0 Å². The van der Waals surface area contributed by atoms with Crippen molar-refractivity contribution in [2.45, 2.75) is 19.4 Å². The second-order valence-corrected chi connectivity index (χ2v) is 5.78. The summed E-state index contributed by atoms with van der Waals surface area (Å²) in [5.41, 5.74) is 1.68. The van der Waals surface area contributed by atoms with Crippen molar-refractivity contribution in [3.8, 4) is 0 Å². The molecule has 1 heterocycles. The highest BCUT2D eigenvalue weighted by atomic mass is 32.2. The van der Waals surface area contributed by atoms with Crippen molar-refractivity contribution in [3.63, 3.8) is 0 Å². The van der Waals surface area contributed by atoms with E-state index in [9.17, 15) is 9.59 Å². The third-order valence-electron chi connectivity index (χ3n) is 3.11. The molecular formula is C15H17NO4S. The molecule has 5 nitrogen and oxygen atoms in total. The summed E-state index contributed by atoms with van der Waals surface area (Å²) in [5.74, 6) is -0.746. The molecule has 0 saturated carbocycles. The molecule has 1 aromatic carbocycles. The molecule has 21 heavy (non-hydrogen) atoms. The fourth-order valence-electron chi connectivity index (χ4n) is 2.00. The van der Waals surface area contributed by atoms with Crippen LogP contribution in [0, 0.1) is 6.92 Å².